The van der Waals surface area contributed by atoms with E-state index in [9.17, 15) is 27.6 Å². The van der Waals surface area contributed by atoms with Gasteiger partial charge in [-0.05, 0) is 31.0 Å². The standard InChI is InChI=1S/C10H7F3O4.C8H17NO/c1-5(14)17-8-4-6(10(11,12)13)2-3-7(8)9(15)16;1-3-5-7(6-4-2)8(9)10/h2-4H,1H3,(H,15,16);7H,3-6H2,1-2H3,(H2,9,10). The van der Waals surface area contributed by atoms with Crippen LogP contribution in [0.1, 0.15) is 62.4 Å². The first-order valence-electron chi connectivity index (χ1n) is 8.36. The van der Waals surface area contributed by atoms with E-state index in [0.29, 0.717) is 12.1 Å². The second-order valence-corrected chi connectivity index (χ2v) is 5.78. The van der Waals surface area contributed by atoms with Crippen LogP contribution in [-0.4, -0.2) is 23.0 Å². The number of rotatable bonds is 7. The molecule has 0 aromatic heterocycles. The van der Waals surface area contributed by atoms with Gasteiger partial charge in [0, 0.05) is 12.8 Å². The molecule has 0 aliphatic rings. The molecular weight excluding hydrogens is 367 g/mol. The minimum atomic E-state index is -4.63. The van der Waals surface area contributed by atoms with Crippen molar-refractivity contribution in [1.82, 2.24) is 0 Å². The molecule has 152 valence electrons. The first-order valence-corrected chi connectivity index (χ1v) is 8.36. The summed E-state index contributed by atoms with van der Waals surface area (Å²) in [6.07, 6.45) is -0.639. The SMILES string of the molecule is CC(=O)Oc1cc(C(F)(F)F)ccc1C(=O)O.CCCC(CCC)C(N)=O. The van der Waals surface area contributed by atoms with E-state index in [0.717, 1.165) is 38.7 Å². The predicted octanol–water partition coefficient (Wildman–Crippen LogP) is 4.02. The first kappa shape index (κ1) is 24.4. The minimum absolute atomic E-state index is 0.120. The number of carbonyl (C=O) groups excluding carboxylic acids is 2. The van der Waals surface area contributed by atoms with Gasteiger partial charge >= 0.3 is 18.1 Å². The lowest BCUT2D eigenvalue weighted by atomic mass is 9.98. The number of primary amides is 1. The van der Waals surface area contributed by atoms with Crippen molar-refractivity contribution in [3.05, 3.63) is 29.3 Å². The third-order valence-corrected chi connectivity index (χ3v) is 3.47. The molecule has 0 atom stereocenters. The van der Waals surface area contributed by atoms with E-state index in [-0.39, 0.29) is 11.8 Å². The maximum Gasteiger partial charge on any atom is 0.416 e. The number of alkyl halides is 3. The van der Waals surface area contributed by atoms with Crippen molar-refractivity contribution in [2.45, 2.75) is 52.6 Å². The van der Waals surface area contributed by atoms with E-state index >= 15 is 0 Å². The third kappa shape index (κ3) is 9.07. The van der Waals surface area contributed by atoms with Gasteiger partial charge in [-0.3, -0.25) is 9.59 Å². The molecule has 1 rings (SSSR count). The average molecular weight is 391 g/mol. The number of esters is 1. The molecule has 6 nitrogen and oxygen atoms in total. The van der Waals surface area contributed by atoms with E-state index < -0.39 is 35.0 Å². The zero-order valence-corrected chi connectivity index (χ0v) is 15.4. The molecular formula is C18H24F3NO5. The highest BCUT2D eigenvalue weighted by Gasteiger charge is 2.32. The van der Waals surface area contributed by atoms with Crippen LogP contribution in [0.2, 0.25) is 0 Å². The van der Waals surface area contributed by atoms with Crippen LogP contribution < -0.4 is 10.5 Å². The quantitative estimate of drug-likeness (QED) is 0.539. The van der Waals surface area contributed by atoms with Gasteiger partial charge in [-0.2, -0.15) is 13.2 Å². The van der Waals surface area contributed by atoms with Gasteiger partial charge in [0.25, 0.3) is 0 Å². The van der Waals surface area contributed by atoms with Gasteiger partial charge in [-0.25, -0.2) is 4.79 Å². The number of amides is 1. The van der Waals surface area contributed by atoms with Crippen molar-refractivity contribution in [2.75, 3.05) is 0 Å². The van der Waals surface area contributed by atoms with Gasteiger partial charge in [0.15, 0.2) is 0 Å². The van der Waals surface area contributed by atoms with Crippen molar-refractivity contribution in [1.29, 1.82) is 0 Å². The van der Waals surface area contributed by atoms with Crippen molar-refractivity contribution in [3.8, 4) is 5.75 Å². The predicted molar refractivity (Wildman–Crippen MR) is 92.2 cm³/mol. The number of carbonyl (C=O) groups is 3. The molecule has 0 heterocycles. The van der Waals surface area contributed by atoms with Crippen molar-refractivity contribution in [2.24, 2.45) is 11.7 Å². The highest BCUT2D eigenvalue weighted by atomic mass is 19.4. The largest absolute Gasteiger partial charge is 0.478 e. The maximum atomic E-state index is 12.4. The Hall–Kier alpha value is -2.58. The molecule has 0 radical (unpaired) electrons. The fourth-order valence-electron chi connectivity index (χ4n) is 2.24. The molecule has 0 aliphatic heterocycles. The zero-order chi connectivity index (χ0) is 21.2. The summed E-state index contributed by atoms with van der Waals surface area (Å²) in [7, 11) is 0. The second kappa shape index (κ2) is 11.2. The van der Waals surface area contributed by atoms with Gasteiger partial charge in [-0.15, -0.1) is 0 Å². The lowest BCUT2D eigenvalue weighted by molar-refractivity contribution is -0.138. The Morgan fingerprint density at radius 2 is 1.67 bits per heavy atom. The number of carboxylic acid groups (broad SMARTS) is 1. The lowest BCUT2D eigenvalue weighted by Gasteiger charge is -2.10. The maximum absolute atomic E-state index is 12.4. The van der Waals surface area contributed by atoms with E-state index in [4.69, 9.17) is 10.8 Å². The third-order valence-electron chi connectivity index (χ3n) is 3.47. The Kier molecular flexibility index (Phi) is 10.1. The number of nitrogens with two attached hydrogens (primary N) is 1. The highest BCUT2D eigenvalue weighted by molar-refractivity contribution is 5.92. The summed E-state index contributed by atoms with van der Waals surface area (Å²) < 4.78 is 41.5. The van der Waals surface area contributed by atoms with Gasteiger partial charge in [0.05, 0.1) is 5.56 Å². The second-order valence-electron chi connectivity index (χ2n) is 5.78. The number of hydrogen-bond acceptors (Lipinski definition) is 4. The summed E-state index contributed by atoms with van der Waals surface area (Å²) >= 11 is 0. The van der Waals surface area contributed by atoms with E-state index in [1.807, 2.05) is 0 Å². The number of ether oxygens (including phenoxy) is 1. The Balaban J connectivity index is 0.000000580. The monoisotopic (exact) mass is 391 g/mol. The molecule has 0 saturated heterocycles. The van der Waals surface area contributed by atoms with Gasteiger partial charge in [-0.1, -0.05) is 26.7 Å². The van der Waals surface area contributed by atoms with Gasteiger partial charge < -0.3 is 15.6 Å². The van der Waals surface area contributed by atoms with Crippen LogP contribution in [0, 0.1) is 5.92 Å². The lowest BCUT2D eigenvalue weighted by Crippen LogP contribution is -2.22. The zero-order valence-electron chi connectivity index (χ0n) is 15.4. The smallest absolute Gasteiger partial charge is 0.416 e. The van der Waals surface area contributed by atoms with Crippen molar-refractivity contribution >= 4 is 17.8 Å². The molecule has 1 amide bonds. The number of halogens is 3. The van der Waals surface area contributed by atoms with E-state index in [1.54, 1.807) is 0 Å². The van der Waals surface area contributed by atoms with Crippen LogP contribution in [0.25, 0.3) is 0 Å². The number of aromatic carboxylic acids is 1. The van der Waals surface area contributed by atoms with Crippen LogP contribution in [0.3, 0.4) is 0 Å². The Morgan fingerprint density at radius 3 is 2.00 bits per heavy atom. The molecule has 0 aliphatic carbocycles. The molecule has 3 N–H and O–H groups in total. The van der Waals surface area contributed by atoms with Crippen LogP contribution in [-0.2, 0) is 15.8 Å². The number of carboxylic acids is 1. The minimum Gasteiger partial charge on any atom is -0.478 e. The highest BCUT2D eigenvalue weighted by Crippen LogP contribution is 2.33. The summed E-state index contributed by atoms with van der Waals surface area (Å²) in [5.74, 6) is -3.01. The van der Waals surface area contributed by atoms with Crippen molar-refractivity contribution in [3.63, 3.8) is 0 Å². The molecule has 1 aromatic carbocycles. The number of hydrogen-bond donors (Lipinski definition) is 2. The molecule has 9 heteroatoms. The molecule has 0 fully saturated rings. The molecule has 0 spiro atoms. The Morgan fingerprint density at radius 1 is 1.15 bits per heavy atom. The summed E-state index contributed by atoms with van der Waals surface area (Å²) in [6.45, 7) is 5.11. The topological polar surface area (TPSA) is 107 Å². The van der Waals surface area contributed by atoms with Gasteiger partial charge in [0.1, 0.15) is 11.3 Å². The molecule has 1 aromatic rings. The van der Waals surface area contributed by atoms with Crippen molar-refractivity contribution < 1.29 is 37.4 Å². The van der Waals surface area contributed by atoms with Gasteiger partial charge in [0.2, 0.25) is 5.91 Å². The fourth-order valence-corrected chi connectivity index (χ4v) is 2.24. The van der Waals surface area contributed by atoms with E-state index in [2.05, 4.69) is 18.6 Å². The van der Waals surface area contributed by atoms with Crippen LogP contribution in [0.15, 0.2) is 18.2 Å². The fraction of sp³-hybridized carbons (Fsp3) is 0.500. The molecule has 27 heavy (non-hydrogen) atoms. The summed E-state index contributed by atoms with van der Waals surface area (Å²) in [4.78, 5) is 32.0. The van der Waals surface area contributed by atoms with Crippen LogP contribution in [0.4, 0.5) is 13.2 Å². The Bertz CT molecular complexity index is 653. The Labute approximate surface area is 155 Å². The van der Waals surface area contributed by atoms with Crippen LogP contribution >= 0.6 is 0 Å². The van der Waals surface area contributed by atoms with E-state index in [1.165, 1.54) is 0 Å². The normalized spacial score (nSPS) is 10.8. The van der Waals surface area contributed by atoms with Crippen LogP contribution in [0.5, 0.6) is 5.75 Å². The molecule has 0 saturated carbocycles. The number of benzene rings is 1. The average Bonchev–Trinajstić information content (AvgIpc) is 2.53. The first-order chi connectivity index (χ1) is 12.4. The summed E-state index contributed by atoms with van der Waals surface area (Å²) in [5, 5.41) is 8.70. The molecule has 0 bridgehead atoms. The molecule has 0 unspecified atom stereocenters. The summed E-state index contributed by atoms with van der Waals surface area (Å²) in [5.41, 5.74) is 3.58. The summed E-state index contributed by atoms with van der Waals surface area (Å²) in [6, 6.07) is 1.82.